The Morgan fingerprint density at radius 3 is 2.62 bits per heavy atom. The molecule has 2 aliphatic heterocycles. The van der Waals surface area contributed by atoms with Crippen molar-refractivity contribution in [3.05, 3.63) is 0 Å². The number of likely N-dealkylation sites (tertiary alicyclic amines) is 1. The van der Waals surface area contributed by atoms with Crippen LogP contribution < -0.4 is 5.53 Å². The highest BCUT2D eigenvalue weighted by Gasteiger charge is 2.42. The van der Waals surface area contributed by atoms with E-state index in [1.807, 2.05) is 6.92 Å². The van der Waals surface area contributed by atoms with Crippen LogP contribution >= 0.6 is 0 Å². The Hall–Kier alpha value is -1.99. The minimum Gasteiger partial charge on any atom is -0.324 e. The standard InChI is InChI=1S/C13H21N5O3/c1-4-13(2,3)10(19)12(21)17-7-5-6-9(17)11(20)18-8-14-15-16-18/h9H,4-8H2,1-3H3,(H,14,16)/t9-/m0/s1. The molecule has 0 radical (unpaired) electrons. The number of carbonyl (C=O) groups is 3. The largest absolute Gasteiger partial charge is 0.324 e. The Labute approximate surface area is 123 Å². The molecule has 1 N–H and O–H groups in total. The van der Waals surface area contributed by atoms with Gasteiger partial charge >= 0.3 is 0 Å². The summed E-state index contributed by atoms with van der Waals surface area (Å²) >= 11 is 0. The summed E-state index contributed by atoms with van der Waals surface area (Å²) in [5, 5.41) is 8.44. The van der Waals surface area contributed by atoms with E-state index in [1.165, 1.54) is 9.91 Å². The normalized spacial score (nSPS) is 21.6. The predicted octanol–water partition coefficient (Wildman–Crippen LogP) is 0.654. The van der Waals surface area contributed by atoms with E-state index < -0.39 is 23.1 Å². The summed E-state index contributed by atoms with van der Waals surface area (Å²) in [6.07, 6.45) is 1.85. The fourth-order valence-electron chi connectivity index (χ4n) is 2.36. The van der Waals surface area contributed by atoms with Gasteiger partial charge in [-0.3, -0.25) is 14.4 Å². The van der Waals surface area contributed by atoms with Crippen LogP contribution in [-0.2, 0) is 14.4 Å². The van der Waals surface area contributed by atoms with E-state index >= 15 is 0 Å². The van der Waals surface area contributed by atoms with Crippen LogP contribution in [0.25, 0.3) is 0 Å². The smallest absolute Gasteiger partial charge is 0.291 e. The number of Topliss-reactive ketones (excluding diaryl/α,β-unsaturated/α-hetero) is 1. The number of rotatable bonds is 4. The molecule has 1 atom stereocenters. The molecule has 8 nitrogen and oxygen atoms in total. The first-order valence-corrected chi connectivity index (χ1v) is 7.17. The number of amides is 2. The van der Waals surface area contributed by atoms with Gasteiger partial charge in [0.15, 0.2) is 6.67 Å². The first kappa shape index (κ1) is 15.4. The molecule has 2 amide bonds. The zero-order valence-electron chi connectivity index (χ0n) is 12.6. The van der Waals surface area contributed by atoms with E-state index in [0.717, 1.165) is 0 Å². The highest BCUT2D eigenvalue weighted by molar-refractivity contribution is 6.38. The second-order valence-electron chi connectivity index (χ2n) is 5.97. The lowest BCUT2D eigenvalue weighted by atomic mass is 9.84. The number of hydrazine groups is 1. The second-order valence-corrected chi connectivity index (χ2v) is 5.97. The molecule has 0 unspecified atom stereocenters. The summed E-state index contributed by atoms with van der Waals surface area (Å²) in [6, 6.07) is -0.606. The van der Waals surface area contributed by atoms with Crippen LogP contribution in [0.5, 0.6) is 0 Å². The first-order valence-electron chi connectivity index (χ1n) is 7.17. The molecule has 0 bridgehead atoms. The molecule has 0 aromatic carbocycles. The van der Waals surface area contributed by atoms with Crippen LogP contribution in [0.2, 0.25) is 0 Å². The highest BCUT2D eigenvalue weighted by atomic mass is 16.2. The van der Waals surface area contributed by atoms with Crippen LogP contribution in [-0.4, -0.2) is 46.8 Å². The number of nitrogens with one attached hydrogen (secondary N) is 1. The number of ketones is 1. The maximum atomic E-state index is 12.4. The number of nitrogens with zero attached hydrogens (tertiary/aromatic N) is 4. The molecule has 2 heterocycles. The van der Waals surface area contributed by atoms with Gasteiger partial charge in [0.25, 0.3) is 11.8 Å². The lowest BCUT2D eigenvalue weighted by molar-refractivity contribution is -0.153. The molecule has 1 saturated heterocycles. The number of carbonyl (C=O) groups excluding carboxylic acids is 3. The Kier molecular flexibility index (Phi) is 4.24. The minimum absolute atomic E-state index is 0.131. The average Bonchev–Trinajstić information content (AvgIpc) is 3.15. The molecule has 0 aromatic heterocycles. The Bertz CT molecular complexity index is 480. The van der Waals surface area contributed by atoms with E-state index in [-0.39, 0.29) is 12.6 Å². The van der Waals surface area contributed by atoms with Crippen LogP contribution in [0.4, 0.5) is 0 Å². The second kappa shape index (κ2) is 5.79. The van der Waals surface area contributed by atoms with Gasteiger partial charge in [-0.1, -0.05) is 26.0 Å². The molecular formula is C13H21N5O3. The van der Waals surface area contributed by atoms with Gasteiger partial charge in [0.2, 0.25) is 5.78 Å². The van der Waals surface area contributed by atoms with Crippen molar-refractivity contribution in [2.45, 2.75) is 46.1 Å². The van der Waals surface area contributed by atoms with Crippen LogP contribution in [0.1, 0.15) is 40.0 Å². The summed E-state index contributed by atoms with van der Waals surface area (Å²) in [5.74, 6) is -1.27. The summed E-state index contributed by atoms with van der Waals surface area (Å²) in [7, 11) is 0. The van der Waals surface area contributed by atoms with Gasteiger partial charge in [0, 0.05) is 12.0 Å². The van der Waals surface area contributed by atoms with E-state index in [4.69, 9.17) is 0 Å². The lowest BCUT2D eigenvalue weighted by Crippen LogP contribution is -2.52. The van der Waals surface area contributed by atoms with Crippen molar-refractivity contribution in [2.24, 2.45) is 15.8 Å². The van der Waals surface area contributed by atoms with E-state index in [0.29, 0.717) is 25.8 Å². The van der Waals surface area contributed by atoms with E-state index in [1.54, 1.807) is 13.8 Å². The van der Waals surface area contributed by atoms with Gasteiger partial charge < -0.3 is 4.90 Å². The minimum atomic E-state index is -0.705. The topological polar surface area (TPSA) is 94.4 Å². The number of hydrogen-bond donors (Lipinski definition) is 1. The molecule has 0 aliphatic carbocycles. The highest BCUT2D eigenvalue weighted by Crippen LogP contribution is 2.26. The summed E-state index contributed by atoms with van der Waals surface area (Å²) in [4.78, 5) is 38.5. The SMILES string of the molecule is CCC(C)(C)C(=O)C(=O)N1CCC[C@H]1C(=O)N1CN=NN1. The molecule has 2 aliphatic rings. The Balaban J connectivity index is 2.09. The Morgan fingerprint density at radius 2 is 2.05 bits per heavy atom. The molecule has 0 saturated carbocycles. The van der Waals surface area contributed by atoms with Crippen molar-refractivity contribution in [1.29, 1.82) is 0 Å². The first-order chi connectivity index (χ1) is 9.88. The van der Waals surface area contributed by atoms with Gasteiger partial charge in [0.05, 0.1) is 0 Å². The van der Waals surface area contributed by atoms with Gasteiger partial charge in [-0.05, 0) is 19.3 Å². The summed E-state index contributed by atoms with van der Waals surface area (Å²) in [6.45, 7) is 5.93. The fourth-order valence-corrected chi connectivity index (χ4v) is 2.36. The van der Waals surface area contributed by atoms with Crippen LogP contribution in [0, 0.1) is 5.41 Å². The summed E-state index contributed by atoms with van der Waals surface area (Å²) < 4.78 is 0. The molecule has 0 aromatic rings. The monoisotopic (exact) mass is 295 g/mol. The maximum absolute atomic E-state index is 12.4. The molecular weight excluding hydrogens is 274 g/mol. The molecule has 21 heavy (non-hydrogen) atoms. The number of hydrogen-bond acceptors (Lipinski definition) is 6. The van der Waals surface area contributed by atoms with Crippen molar-refractivity contribution >= 4 is 17.6 Å². The average molecular weight is 295 g/mol. The van der Waals surface area contributed by atoms with Crippen molar-refractivity contribution in [1.82, 2.24) is 15.4 Å². The van der Waals surface area contributed by atoms with Crippen LogP contribution in [0.15, 0.2) is 10.3 Å². The molecule has 8 heteroatoms. The molecule has 2 rings (SSSR count). The van der Waals surface area contributed by atoms with Gasteiger partial charge in [-0.25, -0.2) is 5.01 Å². The third-order valence-corrected chi connectivity index (χ3v) is 4.20. The third-order valence-electron chi connectivity index (χ3n) is 4.20. The molecule has 116 valence electrons. The third kappa shape index (κ3) is 2.88. The quantitative estimate of drug-likeness (QED) is 0.771. The van der Waals surface area contributed by atoms with E-state index in [9.17, 15) is 14.4 Å². The van der Waals surface area contributed by atoms with E-state index in [2.05, 4.69) is 15.9 Å². The lowest BCUT2D eigenvalue weighted by Gasteiger charge is -2.29. The summed E-state index contributed by atoms with van der Waals surface area (Å²) in [5.41, 5.74) is 1.78. The molecule has 0 spiro atoms. The zero-order chi connectivity index (χ0) is 15.6. The van der Waals surface area contributed by atoms with Gasteiger partial charge in [-0.2, -0.15) is 5.53 Å². The zero-order valence-corrected chi connectivity index (χ0v) is 12.6. The molecule has 1 fully saturated rings. The fraction of sp³-hybridized carbons (Fsp3) is 0.769. The Morgan fingerprint density at radius 1 is 1.33 bits per heavy atom. The van der Waals surface area contributed by atoms with Crippen LogP contribution in [0.3, 0.4) is 0 Å². The predicted molar refractivity (Wildman–Crippen MR) is 73.5 cm³/mol. The van der Waals surface area contributed by atoms with Crippen molar-refractivity contribution < 1.29 is 14.4 Å². The van der Waals surface area contributed by atoms with Crippen molar-refractivity contribution in [3.8, 4) is 0 Å². The van der Waals surface area contributed by atoms with Gasteiger partial charge in [0.1, 0.15) is 6.04 Å². The van der Waals surface area contributed by atoms with Crippen molar-refractivity contribution in [3.63, 3.8) is 0 Å². The van der Waals surface area contributed by atoms with Crippen molar-refractivity contribution in [2.75, 3.05) is 13.2 Å². The maximum Gasteiger partial charge on any atom is 0.291 e. The van der Waals surface area contributed by atoms with Gasteiger partial charge in [-0.15, -0.1) is 5.11 Å².